The highest BCUT2D eigenvalue weighted by Gasteiger charge is 2.29. The van der Waals surface area contributed by atoms with Crippen LogP contribution in [0.2, 0.25) is 0 Å². The van der Waals surface area contributed by atoms with Crippen LogP contribution in [0.3, 0.4) is 0 Å². The van der Waals surface area contributed by atoms with Crippen molar-refractivity contribution in [3.05, 3.63) is 0 Å². The second-order valence-electron chi connectivity index (χ2n) is 7.95. The molecule has 6 N–H and O–H groups in total. The minimum atomic E-state index is -1.14. The quantitative estimate of drug-likeness (QED) is 0.316. The van der Waals surface area contributed by atoms with Crippen molar-refractivity contribution >= 4 is 23.7 Å². The molecule has 0 rings (SSSR count). The molecule has 0 aromatic rings. The van der Waals surface area contributed by atoms with Gasteiger partial charge in [0.25, 0.3) is 0 Å². The van der Waals surface area contributed by atoms with E-state index in [2.05, 4.69) is 16.0 Å². The number of amides is 3. The first kappa shape index (κ1) is 25.8. The van der Waals surface area contributed by atoms with Gasteiger partial charge in [0.05, 0.1) is 12.6 Å². The van der Waals surface area contributed by atoms with E-state index in [0.717, 1.165) is 0 Å². The van der Waals surface area contributed by atoms with E-state index in [-0.39, 0.29) is 24.3 Å². The molecule has 0 heterocycles. The normalized spacial score (nSPS) is 15.5. The number of carboxylic acids is 1. The van der Waals surface area contributed by atoms with Crippen molar-refractivity contribution in [1.29, 1.82) is 0 Å². The van der Waals surface area contributed by atoms with Crippen molar-refractivity contribution in [2.75, 3.05) is 6.54 Å². The van der Waals surface area contributed by atoms with E-state index in [9.17, 15) is 19.2 Å². The van der Waals surface area contributed by atoms with Crippen LogP contribution in [0.15, 0.2) is 0 Å². The molecule has 0 aliphatic rings. The largest absolute Gasteiger partial charge is 0.480 e. The highest BCUT2D eigenvalue weighted by molar-refractivity contribution is 5.92. The van der Waals surface area contributed by atoms with Crippen LogP contribution < -0.4 is 21.7 Å². The maximum Gasteiger partial charge on any atom is 0.326 e. The lowest BCUT2D eigenvalue weighted by Crippen LogP contribution is -2.56. The van der Waals surface area contributed by atoms with Crippen molar-refractivity contribution in [2.45, 2.75) is 72.5 Å². The van der Waals surface area contributed by atoms with E-state index < -0.39 is 41.8 Å². The molecule has 0 fully saturated rings. The highest BCUT2D eigenvalue weighted by Crippen LogP contribution is 2.10. The van der Waals surface area contributed by atoms with Gasteiger partial charge in [0.2, 0.25) is 17.7 Å². The van der Waals surface area contributed by atoms with Crippen LogP contribution in [0.25, 0.3) is 0 Å². The molecule has 3 amide bonds. The lowest BCUT2D eigenvalue weighted by atomic mass is 9.97. The summed E-state index contributed by atoms with van der Waals surface area (Å²) < 4.78 is 0. The Morgan fingerprint density at radius 3 is 1.93 bits per heavy atom. The number of aliphatic carboxylic acids is 1. The van der Waals surface area contributed by atoms with E-state index in [1.165, 1.54) is 0 Å². The van der Waals surface area contributed by atoms with Crippen LogP contribution in [-0.2, 0) is 19.2 Å². The number of hydrogen-bond acceptors (Lipinski definition) is 5. The highest BCUT2D eigenvalue weighted by atomic mass is 16.4. The molecular formula is C19H36N4O5. The zero-order valence-corrected chi connectivity index (χ0v) is 17.7. The summed E-state index contributed by atoms with van der Waals surface area (Å²) in [5, 5.41) is 16.6. The number of nitrogens with two attached hydrogens (primary N) is 1. The molecule has 4 unspecified atom stereocenters. The average molecular weight is 401 g/mol. The van der Waals surface area contributed by atoms with Crippen molar-refractivity contribution in [1.82, 2.24) is 16.0 Å². The molecular weight excluding hydrogens is 364 g/mol. The fourth-order valence-corrected chi connectivity index (χ4v) is 2.59. The predicted molar refractivity (Wildman–Crippen MR) is 106 cm³/mol. The molecule has 9 nitrogen and oxygen atoms in total. The first-order valence-electron chi connectivity index (χ1n) is 9.76. The number of carbonyl (C=O) groups excluding carboxylic acids is 3. The summed E-state index contributed by atoms with van der Waals surface area (Å²) in [4.78, 5) is 47.9. The Morgan fingerprint density at radius 1 is 0.929 bits per heavy atom. The van der Waals surface area contributed by atoms with Crippen molar-refractivity contribution < 1.29 is 24.3 Å². The van der Waals surface area contributed by atoms with Crippen LogP contribution in [0.5, 0.6) is 0 Å². The second-order valence-corrected chi connectivity index (χ2v) is 7.95. The summed E-state index contributed by atoms with van der Waals surface area (Å²) in [6.07, 6.45) is 1.13. The lowest BCUT2D eigenvalue weighted by molar-refractivity contribution is -0.143. The van der Waals surface area contributed by atoms with Gasteiger partial charge in [-0.2, -0.15) is 0 Å². The SMILES string of the molecule is CCC(C)C(NC(=O)C(N)CC(C)C)C(=O)NCC(=O)NC(C(=O)O)C(C)C. The molecule has 4 atom stereocenters. The summed E-state index contributed by atoms with van der Waals surface area (Å²) in [6.45, 7) is 10.6. The zero-order valence-electron chi connectivity index (χ0n) is 17.7. The fraction of sp³-hybridized carbons (Fsp3) is 0.789. The summed E-state index contributed by atoms with van der Waals surface area (Å²) in [6, 6.07) is -2.59. The van der Waals surface area contributed by atoms with E-state index in [4.69, 9.17) is 10.8 Å². The molecule has 0 saturated heterocycles. The Kier molecular flexibility index (Phi) is 11.4. The topological polar surface area (TPSA) is 151 Å². The van der Waals surface area contributed by atoms with Crippen LogP contribution >= 0.6 is 0 Å². The Labute approximate surface area is 167 Å². The number of carboxylic acid groups (broad SMARTS) is 1. The lowest BCUT2D eigenvalue weighted by Gasteiger charge is -2.25. The van der Waals surface area contributed by atoms with E-state index in [0.29, 0.717) is 12.8 Å². The molecule has 0 aliphatic heterocycles. The Hall–Kier alpha value is -2.16. The molecule has 0 bridgehead atoms. The van der Waals surface area contributed by atoms with Crippen LogP contribution in [-0.4, -0.2) is 53.5 Å². The monoisotopic (exact) mass is 400 g/mol. The number of rotatable bonds is 12. The minimum absolute atomic E-state index is 0.166. The Morgan fingerprint density at radius 2 is 1.50 bits per heavy atom. The summed E-state index contributed by atoms with van der Waals surface area (Å²) in [7, 11) is 0. The van der Waals surface area contributed by atoms with Crippen molar-refractivity contribution in [2.24, 2.45) is 23.5 Å². The molecule has 0 aromatic carbocycles. The first-order valence-corrected chi connectivity index (χ1v) is 9.76. The third-order valence-electron chi connectivity index (χ3n) is 4.53. The van der Waals surface area contributed by atoms with E-state index in [1.807, 2.05) is 27.7 Å². The predicted octanol–water partition coefficient (Wildman–Crippen LogP) is 0.232. The van der Waals surface area contributed by atoms with Gasteiger partial charge in [-0.15, -0.1) is 0 Å². The molecule has 0 saturated carbocycles. The van der Waals surface area contributed by atoms with Crippen LogP contribution in [0.4, 0.5) is 0 Å². The third kappa shape index (κ3) is 9.16. The van der Waals surface area contributed by atoms with Crippen molar-refractivity contribution in [3.8, 4) is 0 Å². The Bertz CT molecular complexity index is 550. The number of carbonyl (C=O) groups is 4. The fourth-order valence-electron chi connectivity index (χ4n) is 2.59. The maximum absolute atomic E-state index is 12.5. The zero-order chi connectivity index (χ0) is 22.0. The molecule has 0 spiro atoms. The summed E-state index contributed by atoms with van der Waals surface area (Å²) >= 11 is 0. The van der Waals surface area contributed by atoms with Gasteiger partial charge in [-0.25, -0.2) is 4.79 Å². The molecule has 0 aromatic heterocycles. The third-order valence-corrected chi connectivity index (χ3v) is 4.53. The first-order chi connectivity index (χ1) is 12.9. The number of nitrogens with one attached hydrogen (secondary N) is 3. The second kappa shape index (κ2) is 12.3. The van der Waals surface area contributed by atoms with E-state index >= 15 is 0 Å². The standard InChI is InChI=1S/C19H36N4O5/c1-7-12(6)16(23-17(25)13(20)8-10(2)3)18(26)21-9-14(24)22-15(11(4)5)19(27)28/h10-13,15-16H,7-9,20H2,1-6H3,(H,21,26)(H,22,24)(H,23,25)(H,27,28). The van der Waals surface area contributed by atoms with Gasteiger partial charge in [0, 0.05) is 0 Å². The van der Waals surface area contributed by atoms with E-state index in [1.54, 1.807) is 13.8 Å². The van der Waals surface area contributed by atoms with Gasteiger partial charge in [0.1, 0.15) is 12.1 Å². The smallest absolute Gasteiger partial charge is 0.326 e. The van der Waals surface area contributed by atoms with Gasteiger partial charge in [-0.1, -0.05) is 48.0 Å². The molecule has 0 aliphatic carbocycles. The minimum Gasteiger partial charge on any atom is -0.480 e. The Balaban J connectivity index is 4.88. The maximum atomic E-state index is 12.5. The number of hydrogen-bond donors (Lipinski definition) is 5. The molecule has 28 heavy (non-hydrogen) atoms. The van der Waals surface area contributed by atoms with Gasteiger partial charge in [0.15, 0.2) is 0 Å². The van der Waals surface area contributed by atoms with Gasteiger partial charge < -0.3 is 26.8 Å². The van der Waals surface area contributed by atoms with Gasteiger partial charge >= 0.3 is 5.97 Å². The summed E-state index contributed by atoms with van der Waals surface area (Å²) in [5.74, 6) is -2.90. The summed E-state index contributed by atoms with van der Waals surface area (Å²) in [5.41, 5.74) is 5.88. The molecule has 0 radical (unpaired) electrons. The average Bonchev–Trinajstić information content (AvgIpc) is 2.59. The molecule has 162 valence electrons. The molecule has 9 heteroatoms. The van der Waals surface area contributed by atoms with Gasteiger partial charge in [-0.05, 0) is 24.2 Å². The van der Waals surface area contributed by atoms with Crippen LogP contribution in [0, 0.1) is 17.8 Å². The van der Waals surface area contributed by atoms with Gasteiger partial charge in [-0.3, -0.25) is 14.4 Å². The van der Waals surface area contributed by atoms with Crippen molar-refractivity contribution in [3.63, 3.8) is 0 Å². The van der Waals surface area contributed by atoms with Crippen LogP contribution in [0.1, 0.15) is 54.4 Å².